The SMILES string of the molecule is CNC(=O)c1ccc(N2CCN(Cc3ccc4c(c3)NC(=O)[C@H](CCF)O4)CC2)cn1. The largest absolute Gasteiger partial charge is 0.478 e. The van der Waals surface area contributed by atoms with E-state index in [1.807, 2.05) is 24.3 Å². The summed E-state index contributed by atoms with van der Waals surface area (Å²) >= 11 is 0. The Morgan fingerprint density at radius 1 is 1.26 bits per heavy atom. The molecule has 2 aromatic rings. The van der Waals surface area contributed by atoms with Crippen LogP contribution in [0, 0.1) is 0 Å². The summed E-state index contributed by atoms with van der Waals surface area (Å²) < 4.78 is 18.2. The number of ether oxygens (including phenoxy) is 1. The Kier molecular flexibility index (Phi) is 6.31. The zero-order chi connectivity index (χ0) is 21.8. The van der Waals surface area contributed by atoms with Crippen LogP contribution in [0.2, 0.25) is 0 Å². The maximum atomic E-state index is 12.6. The molecule has 0 unspecified atom stereocenters. The first-order valence-electron chi connectivity index (χ1n) is 10.4. The van der Waals surface area contributed by atoms with Crippen molar-refractivity contribution in [3.63, 3.8) is 0 Å². The van der Waals surface area contributed by atoms with Gasteiger partial charge in [-0.05, 0) is 29.8 Å². The molecule has 0 aliphatic carbocycles. The Balaban J connectivity index is 1.33. The fourth-order valence-electron chi connectivity index (χ4n) is 3.84. The smallest absolute Gasteiger partial charge is 0.269 e. The lowest BCUT2D eigenvalue weighted by molar-refractivity contribution is -0.123. The number of pyridine rings is 1. The third kappa shape index (κ3) is 4.77. The summed E-state index contributed by atoms with van der Waals surface area (Å²) in [4.78, 5) is 32.5. The molecule has 1 atom stereocenters. The molecule has 0 spiro atoms. The molecule has 0 radical (unpaired) electrons. The van der Waals surface area contributed by atoms with E-state index in [0.29, 0.717) is 17.1 Å². The van der Waals surface area contributed by atoms with Crippen molar-refractivity contribution in [1.82, 2.24) is 15.2 Å². The monoisotopic (exact) mass is 427 g/mol. The predicted octanol–water partition coefficient (Wildman–Crippen LogP) is 1.82. The van der Waals surface area contributed by atoms with Crippen molar-refractivity contribution < 1.29 is 18.7 Å². The molecule has 164 valence electrons. The van der Waals surface area contributed by atoms with Crippen molar-refractivity contribution in [2.45, 2.75) is 19.1 Å². The number of carbonyl (C=O) groups excluding carboxylic acids is 2. The standard InChI is InChI=1S/C22H26FN5O3/c1-24-21(29)17-4-3-16(13-25-17)28-10-8-27(9-11-28)14-15-2-5-19-18(12-15)26-22(30)20(31-19)6-7-23/h2-5,12-13,20H,6-11,14H2,1H3,(H,24,29)(H,26,30)/t20-/m0/s1. The minimum absolute atomic E-state index is 0.0569. The number of rotatable bonds is 6. The maximum Gasteiger partial charge on any atom is 0.269 e. The van der Waals surface area contributed by atoms with Gasteiger partial charge in [-0.3, -0.25) is 18.9 Å². The van der Waals surface area contributed by atoms with E-state index in [1.54, 1.807) is 19.3 Å². The third-order valence-electron chi connectivity index (χ3n) is 5.59. The number of nitrogens with zero attached hydrogens (tertiary/aromatic N) is 3. The van der Waals surface area contributed by atoms with Crippen LogP contribution >= 0.6 is 0 Å². The van der Waals surface area contributed by atoms with E-state index in [1.165, 1.54) is 0 Å². The fraction of sp³-hybridized carbons (Fsp3) is 0.409. The van der Waals surface area contributed by atoms with Gasteiger partial charge in [0.15, 0.2) is 6.10 Å². The number of benzene rings is 1. The lowest BCUT2D eigenvalue weighted by Crippen LogP contribution is -2.46. The number of alkyl halides is 1. The van der Waals surface area contributed by atoms with Crippen molar-refractivity contribution in [2.75, 3.05) is 50.1 Å². The highest BCUT2D eigenvalue weighted by molar-refractivity contribution is 5.97. The number of fused-ring (bicyclic) bond motifs is 1. The first-order chi connectivity index (χ1) is 15.1. The molecule has 2 N–H and O–H groups in total. The van der Waals surface area contributed by atoms with Gasteiger partial charge in [0.25, 0.3) is 11.8 Å². The van der Waals surface area contributed by atoms with Crippen molar-refractivity contribution in [2.24, 2.45) is 0 Å². The lowest BCUT2D eigenvalue weighted by atomic mass is 10.1. The normalized spacial score (nSPS) is 18.7. The molecular weight excluding hydrogens is 401 g/mol. The van der Waals surface area contributed by atoms with Crippen LogP contribution in [0.25, 0.3) is 0 Å². The summed E-state index contributed by atoms with van der Waals surface area (Å²) in [5, 5.41) is 5.40. The van der Waals surface area contributed by atoms with Gasteiger partial charge < -0.3 is 20.3 Å². The van der Waals surface area contributed by atoms with E-state index in [2.05, 4.69) is 25.4 Å². The number of aromatic nitrogens is 1. The van der Waals surface area contributed by atoms with Crippen LogP contribution in [0.15, 0.2) is 36.5 Å². The van der Waals surface area contributed by atoms with Crippen molar-refractivity contribution in [3.8, 4) is 5.75 Å². The Hall–Kier alpha value is -3.20. The molecule has 2 aliphatic heterocycles. The Bertz CT molecular complexity index is 945. The lowest BCUT2D eigenvalue weighted by Gasteiger charge is -2.36. The second-order valence-electron chi connectivity index (χ2n) is 7.65. The van der Waals surface area contributed by atoms with Gasteiger partial charge in [-0.2, -0.15) is 0 Å². The molecule has 0 bridgehead atoms. The predicted molar refractivity (Wildman–Crippen MR) is 115 cm³/mol. The quantitative estimate of drug-likeness (QED) is 0.732. The Morgan fingerprint density at radius 2 is 2.06 bits per heavy atom. The molecule has 9 heteroatoms. The molecule has 1 aromatic heterocycles. The topological polar surface area (TPSA) is 86.8 Å². The van der Waals surface area contributed by atoms with Crippen LogP contribution in [0.3, 0.4) is 0 Å². The first-order valence-corrected chi connectivity index (χ1v) is 10.4. The van der Waals surface area contributed by atoms with Crippen molar-refractivity contribution in [3.05, 3.63) is 47.8 Å². The van der Waals surface area contributed by atoms with Gasteiger partial charge in [-0.25, -0.2) is 4.98 Å². The van der Waals surface area contributed by atoms with E-state index in [-0.39, 0.29) is 18.2 Å². The van der Waals surface area contributed by atoms with E-state index >= 15 is 0 Å². The van der Waals surface area contributed by atoms with Crippen LogP contribution in [0.1, 0.15) is 22.5 Å². The minimum atomic E-state index is -0.767. The number of piperazine rings is 1. The molecule has 2 aliphatic rings. The molecule has 4 rings (SSSR count). The average Bonchev–Trinajstić information content (AvgIpc) is 2.80. The summed E-state index contributed by atoms with van der Waals surface area (Å²) in [5.41, 5.74) is 3.13. The van der Waals surface area contributed by atoms with Crippen LogP contribution in [-0.2, 0) is 11.3 Å². The number of carbonyl (C=O) groups is 2. The summed E-state index contributed by atoms with van der Waals surface area (Å²) in [6.07, 6.45) is 1.03. The number of anilines is 2. The summed E-state index contributed by atoms with van der Waals surface area (Å²) in [6, 6.07) is 9.41. The molecule has 8 nitrogen and oxygen atoms in total. The molecule has 2 amide bonds. The van der Waals surface area contributed by atoms with Gasteiger partial charge >= 0.3 is 0 Å². The second kappa shape index (κ2) is 9.30. The van der Waals surface area contributed by atoms with Crippen LogP contribution in [-0.4, -0.2) is 67.7 Å². The van der Waals surface area contributed by atoms with Gasteiger partial charge in [-0.1, -0.05) is 6.07 Å². The van der Waals surface area contributed by atoms with Gasteiger partial charge in [0, 0.05) is 46.2 Å². The number of amides is 2. The zero-order valence-corrected chi connectivity index (χ0v) is 17.4. The van der Waals surface area contributed by atoms with E-state index < -0.39 is 12.8 Å². The average molecular weight is 427 g/mol. The van der Waals surface area contributed by atoms with Crippen LogP contribution in [0.4, 0.5) is 15.8 Å². The molecule has 1 aromatic carbocycles. The molecule has 31 heavy (non-hydrogen) atoms. The van der Waals surface area contributed by atoms with Gasteiger partial charge in [0.1, 0.15) is 11.4 Å². The number of nitrogens with one attached hydrogen (secondary N) is 2. The van der Waals surface area contributed by atoms with Gasteiger partial charge in [0.2, 0.25) is 0 Å². The minimum Gasteiger partial charge on any atom is -0.478 e. The molecular formula is C22H26FN5O3. The summed E-state index contributed by atoms with van der Waals surface area (Å²) in [7, 11) is 1.59. The van der Waals surface area contributed by atoms with Crippen molar-refractivity contribution in [1.29, 1.82) is 0 Å². The van der Waals surface area contributed by atoms with Crippen LogP contribution in [0.5, 0.6) is 5.75 Å². The molecule has 3 heterocycles. The number of hydrogen-bond acceptors (Lipinski definition) is 6. The number of halogens is 1. The Morgan fingerprint density at radius 3 is 2.74 bits per heavy atom. The molecule has 0 saturated carbocycles. The van der Waals surface area contributed by atoms with E-state index in [9.17, 15) is 14.0 Å². The van der Waals surface area contributed by atoms with E-state index in [0.717, 1.165) is 44.0 Å². The first kappa shape index (κ1) is 21.0. The zero-order valence-electron chi connectivity index (χ0n) is 17.4. The highest BCUT2D eigenvalue weighted by atomic mass is 19.1. The Labute approximate surface area is 180 Å². The highest BCUT2D eigenvalue weighted by Gasteiger charge is 2.27. The maximum absolute atomic E-state index is 12.6. The fourth-order valence-corrected chi connectivity index (χ4v) is 3.84. The second-order valence-corrected chi connectivity index (χ2v) is 7.65. The molecule has 1 fully saturated rings. The van der Waals surface area contributed by atoms with Gasteiger partial charge in [-0.15, -0.1) is 0 Å². The highest BCUT2D eigenvalue weighted by Crippen LogP contribution is 2.31. The number of hydrogen-bond donors (Lipinski definition) is 2. The van der Waals surface area contributed by atoms with Gasteiger partial charge in [0.05, 0.1) is 24.2 Å². The summed E-state index contributed by atoms with van der Waals surface area (Å²) in [5.74, 6) is 0.0900. The van der Waals surface area contributed by atoms with Crippen molar-refractivity contribution >= 4 is 23.2 Å². The summed E-state index contributed by atoms with van der Waals surface area (Å²) in [6.45, 7) is 3.66. The van der Waals surface area contributed by atoms with E-state index in [4.69, 9.17) is 4.74 Å². The molecule has 1 saturated heterocycles. The third-order valence-corrected chi connectivity index (χ3v) is 5.59. The van der Waals surface area contributed by atoms with Crippen LogP contribution < -0.4 is 20.3 Å².